The van der Waals surface area contributed by atoms with Crippen LogP contribution in [0.2, 0.25) is 0 Å². The van der Waals surface area contributed by atoms with Gasteiger partial charge >= 0.3 is 0 Å². The number of nitrogens with one attached hydrogen (secondary N) is 2. The van der Waals surface area contributed by atoms with Crippen molar-refractivity contribution in [1.82, 2.24) is 15.1 Å². The van der Waals surface area contributed by atoms with E-state index in [4.69, 9.17) is 4.52 Å². The minimum atomic E-state index is 0.744. The van der Waals surface area contributed by atoms with Crippen LogP contribution < -0.4 is 5.32 Å². The lowest BCUT2D eigenvalue weighted by Crippen LogP contribution is -2.00. The molecule has 0 amide bonds. The van der Waals surface area contributed by atoms with Crippen LogP contribution in [0.5, 0.6) is 0 Å². The Morgan fingerprint density at radius 2 is 1.96 bits per heavy atom. The molecule has 5 nitrogen and oxygen atoms in total. The van der Waals surface area contributed by atoms with E-state index in [1.165, 1.54) is 5.56 Å². The van der Waals surface area contributed by atoms with Crippen LogP contribution >= 0.6 is 0 Å². The molecule has 0 bridgehead atoms. The predicted octanol–water partition coefficient (Wildman–Crippen LogP) is 4.45. The second kappa shape index (κ2) is 5.85. The number of H-pyrrole nitrogens is 1. The zero-order valence-corrected chi connectivity index (χ0v) is 13.6. The summed E-state index contributed by atoms with van der Waals surface area (Å²) in [5.74, 6) is 0.820. The van der Waals surface area contributed by atoms with E-state index < -0.39 is 0 Å². The Labute approximate surface area is 139 Å². The van der Waals surface area contributed by atoms with E-state index in [0.717, 1.165) is 45.8 Å². The molecule has 2 aromatic heterocycles. The molecule has 0 aliphatic heterocycles. The molecular weight excluding hydrogens is 300 g/mol. The first-order valence-corrected chi connectivity index (χ1v) is 7.90. The number of aromatic amines is 1. The Balaban J connectivity index is 1.75. The van der Waals surface area contributed by atoms with Crippen molar-refractivity contribution in [3.63, 3.8) is 0 Å². The summed E-state index contributed by atoms with van der Waals surface area (Å²) in [5.41, 5.74) is 7.13. The molecule has 4 rings (SSSR count). The molecule has 4 aromatic rings. The molecule has 120 valence electrons. The maximum Gasteiger partial charge on any atom is 0.141 e. The molecule has 2 aromatic carbocycles. The zero-order valence-electron chi connectivity index (χ0n) is 13.6. The third kappa shape index (κ3) is 2.54. The Morgan fingerprint density at radius 3 is 2.71 bits per heavy atom. The third-order valence-electron chi connectivity index (χ3n) is 4.17. The summed E-state index contributed by atoms with van der Waals surface area (Å²) in [5, 5.41) is 7.56. The zero-order chi connectivity index (χ0) is 16.5. The molecule has 0 aliphatic carbocycles. The van der Waals surface area contributed by atoms with Crippen molar-refractivity contribution in [2.45, 2.75) is 20.4 Å². The van der Waals surface area contributed by atoms with Crippen molar-refractivity contribution in [3.8, 4) is 11.1 Å². The first-order chi connectivity index (χ1) is 11.7. The second-order valence-electron chi connectivity index (χ2n) is 5.86. The van der Waals surface area contributed by atoms with E-state index in [0.29, 0.717) is 0 Å². The summed E-state index contributed by atoms with van der Waals surface area (Å²) in [4.78, 5) is 7.64. The Bertz CT molecular complexity index is 966. The second-order valence-corrected chi connectivity index (χ2v) is 5.86. The quantitative estimate of drug-likeness (QED) is 0.583. The van der Waals surface area contributed by atoms with E-state index in [1.807, 2.05) is 32.0 Å². The lowest BCUT2D eigenvalue weighted by molar-refractivity contribution is 0.393. The largest absolute Gasteiger partial charge is 0.379 e. The highest BCUT2D eigenvalue weighted by atomic mass is 16.5. The van der Waals surface area contributed by atoms with Gasteiger partial charge in [-0.05, 0) is 37.1 Å². The fourth-order valence-electron chi connectivity index (χ4n) is 3.02. The van der Waals surface area contributed by atoms with Gasteiger partial charge in [-0.25, -0.2) is 4.98 Å². The summed E-state index contributed by atoms with van der Waals surface area (Å²) in [6, 6.07) is 14.5. The molecule has 2 heterocycles. The van der Waals surface area contributed by atoms with Crippen LogP contribution in [0, 0.1) is 13.8 Å². The Hall–Kier alpha value is -3.08. The number of hydrogen-bond donors (Lipinski definition) is 2. The number of hydrogen-bond acceptors (Lipinski definition) is 4. The predicted molar refractivity (Wildman–Crippen MR) is 94.8 cm³/mol. The number of fused-ring (bicyclic) bond motifs is 1. The van der Waals surface area contributed by atoms with Gasteiger partial charge in [0.05, 0.1) is 23.2 Å². The highest BCUT2D eigenvalue weighted by Gasteiger charge is 2.15. The van der Waals surface area contributed by atoms with Crippen molar-refractivity contribution in [2.24, 2.45) is 0 Å². The fourth-order valence-corrected chi connectivity index (χ4v) is 3.02. The summed E-state index contributed by atoms with van der Waals surface area (Å²) in [7, 11) is 0. The van der Waals surface area contributed by atoms with Crippen molar-refractivity contribution in [3.05, 3.63) is 65.8 Å². The van der Waals surface area contributed by atoms with E-state index >= 15 is 0 Å². The summed E-state index contributed by atoms with van der Waals surface area (Å²) >= 11 is 0. The van der Waals surface area contributed by atoms with Gasteiger partial charge in [0.1, 0.15) is 11.3 Å². The van der Waals surface area contributed by atoms with Crippen molar-refractivity contribution >= 4 is 16.7 Å². The van der Waals surface area contributed by atoms with Gasteiger partial charge < -0.3 is 14.8 Å². The summed E-state index contributed by atoms with van der Waals surface area (Å²) < 4.78 is 5.32. The van der Waals surface area contributed by atoms with Crippen LogP contribution in [0.15, 0.2) is 53.3 Å². The number of aryl methyl sites for hydroxylation is 2. The molecule has 5 heteroatoms. The molecule has 0 atom stereocenters. The van der Waals surface area contributed by atoms with Gasteiger partial charge in [0.2, 0.25) is 0 Å². The molecule has 0 aliphatic rings. The van der Waals surface area contributed by atoms with Crippen molar-refractivity contribution in [2.75, 3.05) is 5.32 Å². The highest BCUT2D eigenvalue weighted by Crippen LogP contribution is 2.33. The van der Waals surface area contributed by atoms with Crippen LogP contribution in [-0.2, 0) is 6.54 Å². The molecule has 2 N–H and O–H groups in total. The Morgan fingerprint density at radius 1 is 1.12 bits per heavy atom. The van der Waals surface area contributed by atoms with Gasteiger partial charge in [0, 0.05) is 12.1 Å². The standard InChI is InChI=1S/C19H18N4O/c1-12-18(13(2)24-23-12)15-8-16(19-17(9-15)21-11-22-19)20-10-14-6-4-3-5-7-14/h3-9,11,20H,10H2,1-2H3,(H,21,22). The topological polar surface area (TPSA) is 66.7 Å². The first-order valence-electron chi connectivity index (χ1n) is 7.90. The number of anilines is 1. The van der Waals surface area contributed by atoms with E-state index in [2.05, 4.69) is 44.7 Å². The van der Waals surface area contributed by atoms with Gasteiger partial charge in [-0.1, -0.05) is 35.5 Å². The number of nitrogens with zero attached hydrogens (tertiary/aromatic N) is 2. The number of imidazole rings is 1. The fraction of sp³-hybridized carbons (Fsp3) is 0.158. The third-order valence-corrected chi connectivity index (χ3v) is 4.17. The minimum absolute atomic E-state index is 0.744. The van der Waals surface area contributed by atoms with Crippen LogP contribution in [0.4, 0.5) is 5.69 Å². The molecule has 0 fully saturated rings. The maximum atomic E-state index is 5.32. The summed E-state index contributed by atoms with van der Waals surface area (Å²) in [6.45, 7) is 4.64. The molecule has 0 spiro atoms. The van der Waals surface area contributed by atoms with Crippen LogP contribution in [0.3, 0.4) is 0 Å². The smallest absolute Gasteiger partial charge is 0.141 e. The number of rotatable bonds is 4. The average Bonchev–Trinajstić information content (AvgIpc) is 3.20. The van der Waals surface area contributed by atoms with Gasteiger partial charge in [-0.2, -0.15) is 0 Å². The van der Waals surface area contributed by atoms with Crippen molar-refractivity contribution < 1.29 is 4.52 Å². The SMILES string of the molecule is Cc1noc(C)c1-c1cc(NCc2ccccc2)c2nc[nH]c2c1. The van der Waals surface area contributed by atoms with Crippen LogP contribution in [-0.4, -0.2) is 15.1 Å². The van der Waals surface area contributed by atoms with Crippen LogP contribution in [0.25, 0.3) is 22.2 Å². The van der Waals surface area contributed by atoms with Gasteiger partial charge in [0.15, 0.2) is 0 Å². The van der Waals surface area contributed by atoms with E-state index in [9.17, 15) is 0 Å². The van der Waals surface area contributed by atoms with Gasteiger partial charge in [-0.3, -0.25) is 0 Å². The van der Waals surface area contributed by atoms with Gasteiger partial charge in [0.25, 0.3) is 0 Å². The van der Waals surface area contributed by atoms with Crippen molar-refractivity contribution in [1.29, 1.82) is 0 Å². The molecule has 0 radical (unpaired) electrons. The number of aromatic nitrogens is 3. The normalized spacial score (nSPS) is 11.1. The highest BCUT2D eigenvalue weighted by molar-refractivity contribution is 5.93. The molecule has 0 saturated carbocycles. The molecule has 0 saturated heterocycles. The summed E-state index contributed by atoms with van der Waals surface area (Å²) in [6.07, 6.45) is 1.72. The van der Waals surface area contributed by atoms with Gasteiger partial charge in [-0.15, -0.1) is 0 Å². The monoisotopic (exact) mass is 318 g/mol. The first kappa shape index (κ1) is 14.5. The van der Waals surface area contributed by atoms with Crippen LogP contribution in [0.1, 0.15) is 17.0 Å². The number of benzene rings is 2. The molecular formula is C19H18N4O. The maximum absolute atomic E-state index is 5.32. The average molecular weight is 318 g/mol. The molecule has 24 heavy (non-hydrogen) atoms. The lowest BCUT2D eigenvalue weighted by Gasteiger charge is -2.10. The Kier molecular flexibility index (Phi) is 3.54. The molecule has 0 unspecified atom stereocenters. The lowest BCUT2D eigenvalue weighted by atomic mass is 10.0. The van der Waals surface area contributed by atoms with E-state index in [1.54, 1.807) is 6.33 Å². The van der Waals surface area contributed by atoms with E-state index in [-0.39, 0.29) is 0 Å². The minimum Gasteiger partial charge on any atom is -0.379 e.